The number of halogens is 1. The largest absolute Gasteiger partial charge is 0.342 e. The summed E-state index contributed by atoms with van der Waals surface area (Å²) in [7, 11) is 0. The van der Waals surface area contributed by atoms with Crippen molar-refractivity contribution in [1.29, 1.82) is 0 Å². The van der Waals surface area contributed by atoms with Crippen LogP contribution in [-0.2, 0) is 9.59 Å². The van der Waals surface area contributed by atoms with Crippen LogP contribution in [0.2, 0.25) is 0 Å². The molecule has 1 saturated heterocycles. The fourth-order valence-corrected chi connectivity index (χ4v) is 1.70. The molecule has 0 atom stereocenters. The van der Waals surface area contributed by atoms with Crippen molar-refractivity contribution in [2.45, 2.75) is 12.8 Å². The fraction of sp³-hybridized carbons (Fsp3) is 0.750. The summed E-state index contributed by atoms with van der Waals surface area (Å²) in [4.78, 5) is 23.6. The summed E-state index contributed by atoms with van der Waals surface area (Å²) in [5.74, 6) is -0.135. The molecule has 0 unspecified atom stereocenters. The minimum atomic E-state index is -0.292. The van der Waals surface area contributed by atoms with E-state index in [-0.39, 0.29) is 23.6 Å². The number of hydrogen-bond donors (Lipinski definition) is 1. The number of hydrogen-bond acceptors (Lipinski definition) is 3. The lowest BCUT2D eigenvalue weighted by Gasteiger charge is -2.29. The first-order valence-electron chi connectivity index (χ1n) is 4.32. The maximum atomic E-state index is 11.1. The predicted octanol–water partition coefficient (Wildman–Crippen LogP) is -0.0509. The van der Waals surface area contributed by atoms with Gasteiger partial charge in [-0.15, -0.1) is 0 Å². The van der Waals surface area contributed by atoms with Crippen molar-refractivity contribution in [3.63, 3.8) is 0 Å². The second-order valence-electron chi connectivity index (χ2n) is 3.16. The molecule has 0 bridgehead atoms. The molecule has 0 saturated carbocycles. The summed E-state index contributed by atoms with van der Waals surface area (Å²) >= 11 is 5.35. The minimum absolute atomic E-state index is 0.0412. The Morgan fingerprint density at radius 2 is 1.92 bits per heavy atom. The van der Waals surface area contributed by atoms with Gasteiger partial charge in [-0.1, -0.05) is 0 Å². The average molecular weight is 205 g/mol. The number of likely N-dealkylation sites (tertiary alicyclic amines) is 1. The van der Waals surface area contributed by atoms with Crippen LogP contribution < -0.4 is 5.73 Å². The quantitative estimate of drug-likeness (QED) is 0.642. The lowest BCUT2D eigenvalue weighted by molar-refractivity contribution is -0.132. The van der Waals surface area contributed by atoms with Gasteiger partial charge in [0.25, 0.3) is 0 Å². The van der Waals surface area contributed by atoms with Crippen molar-refractivity contribution in [2.24, 2.45) is 11.7 Å². The number of rotatable bonds is 2. The van der Waals surface area contributed by atoms with E-state index < -0.39 is 0 Å². The van der Waals surface area contributed by atoms with Crippen LogP contribution in [-0.4, -0.2) is 35.7 Å². The van der Waals surface area contributed by atoms with Crippen molar-refractivity contribution in [3.05, 3.63) is 0 Å². The molecular weight excluding hydrogens is 192 g/mol. The molecule has 1 aliphatic heterocycles. The van der Waals surface area contributed by atoms with Crippen LogP contribution >= 0.6 is 11.6 Å². The highest BCUT2D eigenvalue weighted by molar-refractivity contribution is 6.63. The summed E-state index contributed by atoms with van der Waals surface area (Å²) in [6, 6.07) is 0. The van der Waals surface area contributed by atoms with Gasteiger partial charge in [-0.3, -0.25) is 9.59 Å². The summed E-state index contributed by atoms with van der Waals surface area (Å²) in [5.41, 5.74) is 5.21. The second-order valence-corrected chi connectivity index (χ2v) is 3.54. The van der Waals surface area contributed by atoms with Crippen LogP contribution in [0.3, 0.4) is 0 Å². The molecule has 0 aromatic heterocycles. The molecule has 74 valence electrons. The van der Waals surface area contributed by atoms with Gasteiger partial charge in [0.1, 0.15) is 0 Å². The average Bonchev–Trinajstić information content (AvgIpc) is 2.17. The van der Waals surface area contributed by atoms with E-state index in [1.165, 1.54) is 0 Å². The SMILES string of the molecule is NCC(=O)N1CCC(C(=O)Cl)CC1. The standard InChI is InChI=1S/C8H13ClN2O2/c9-8(13)6-1-3-11(4-2-6)7(12)5-10/h6H,1-5,10H2. The van der Waals surface area contributed by atoms with E-state index in [2.05, 4.69) is 0 Å². The zero-order valence-electron chi connectivity index (χ0n) is 7.33. The summed E-state index contributed by atoms with van der Waals surface area (Å²) in [6.45, 7) is 1.23. The van der Waals surface area contributed by atoms with Crippen molar-refractivity contribution >= 4 is 22.8 Å². The first kappa shape index (κ1) is 10.5. The van der Waals surface area contributed by atoms with Gasteiger partial charge in [0.15, 0.2) is 0 Å². The predicted molar refractivity (Wildman–Crippen MR) is 49.2 cm³/mol. The normalized spacial score (nSPS) is 18.8. The number of nitrogens with two attached hydrogens (primary N) is 1. The number of carbonyl (C=O) groups is 2. The summed E-state index contributed by atoms with van der Waals surface area (Å²) < 4.78 is 0. The summed E-state index contributed by atoms with van der Waals surface area (Å²) in [5, 5.41) is -0.292. The Labute approximate surface area is 82.0 Å². The van der Waals surface area contributed by atoms with Crippen molar-refractivity contribution < 1.29 is 9.59 Å². The Morgan fingerprint density at radius 3 is 2.31 bits per heavy atom. The highest BCUT2D eigenvalue weighted by Gasteiger charge is 2.25. The Kier molecular flexibility index (Phi) is 3.69. The molecular formula is C8H13ClN2O2. The maximum absolute atomic E-state index is 11.1. The lowest BCUT2D eigenvalue weighted by atomic mass is 9.98. The van der Waals surface area contributed by atoms with Crippen molar-refractivity contribution in [2.75, 3.05) is 19.6 Å². The topological polar surface area (TPSA) is 63.4 Å². The Bertz CT molecular complexity index is 212. The number of piperidine rings is 1. The lowest BCUT2D eigenvalue weighted by Crippen LogP contribution is -2.42. The van der Waals surface area contributed by atoms with Gasteiger partial charge in [-0.25, -0.2) is 0 Å². The molecule has 5 heteroatoms. The van der Waals surface area contributed by atoms with Crippen LogP contribution in [0.25, 0.3) is 0 Å². The van der Waals surface area contributed by atoms with E-state index in [4.69, 9.17) is 17.3 Å². The highest BCUT2D eigenvalue weighted by atomic mass is 35.5. The molecule has 13 heavy (non-hydrogen) atoms. The molecule has 1 amide bonds. The fourth-order valence-electron chi connectivity index (χ4n) is 1.48. The van der Waals surface area contributed by atoms with Crippen LogP contribution in [0.1, 0.15) is 12.8 Å². The molecule has 0 aliphatic carbocycles. The molecule has 2 N–H and O–H groups in total. The van der Waals surface area contributed by atoms with Crippen LogP contribution in [0.4, 0.5) is 0 Å². The Hall–Kier alpha value is -0.610. The molecule has 0 aromatic rings. The zero-order valence-corrected chi connectivity index (χ0v) is 8.09. The monoisotopic (exact) mass is 204 g/mol. The van der Waals surface area contributed by atoms with Gasteiger partial charge in [0, 0.05) is 19.0 Å². The first-order valence-corrected chi connectivity index (χ1v) is 4.70. The number of carbonyl (C=O) groups excluding carboxylic acids is 2. The summed E-state index contributed by atoms with van der Waals surface area (Å²) in [6.07, 6.45) is 1.32. The molecule has 0 spiro atoms. The zero-order chi connectivity index (χ0) is 9.84. The highest BCUT2D eigenvalue weighted by Crippen LogP contribution is 2.19. The molecule has 0 aromatic carbocycles. The second kappa shape index (κ2) is 4.58. The first-order chi connectivity index (χ1) is 6.15. The van der Waals surface area contributed by atoms with Gasteiger partial charge in [-0.05, 0) is 24.4 Å². The van der Waals surface area contributed by atoms with E-state index in [9.17, 15) is 9.59 Å². The van der Waals surface area contributed by atoms with E-state index in [0.29, 0.717) is 25.9 Å². The third kappa shape index (κ3) is 2.67. The smallest absolute Gasteiger partial charge is 0.236 e. The van der Waals surface area contributed by atoms with E-state index in [1.54, 1.807) is 4.90 Å². The third-order valence-corrected chi connectivity index (χ3v) is 2.65. The Morgan fingerprint density at radius 1 is 1.38 bits per heavy atom. The van der Waals surface area contributed by atoms with Gasteiger partial charge < -0.3 is 10.6 Å². The molecule has 1 rings (SSSR count). The van der Waals surface area contributed by atoms with Gasteiger partial charge >= 0.3 is 0 Å². The molecule has 1 aliphatic rings. The van der Waals surface area contributed by atoms with Gasteiger partial charge in [-0.2, -0.15) is 0 Å². The van der Waals surface area contributed by atoms with Crippen LogP contribution in [0.5, 0.6) is 0 Å². The Balaban J connectivity index is 2.39. The third-order valence-electron chi connectivity index (χ3n) is 2.34. The van der Waals surface area contributed by atoms with E-state index in [1.807, 2.05) is 0 Å². The van der Waals surface area contributed by atoms with Crippen LogP contribution in [0.15, 0.2) is 0 Å². The maximum Gasteiger partial charge on any atom is 0.236 e. The minimum Gasteiger partial charge on any atom is -0.342 e. The molecule has 4 nitrogen and oxygen atoms in total. The molecule has 0 radical (unpaired) electrons. The van der Waals surface area contributed by atoms with Crippen molar-refractivity contribution in [3.8, 4) is 0 Å². The number of nitrogens with zero attached hydrogens (tertiary/aromatic N) is 1. The number of amides is 1. The van der Waals surface area contributed by atoms with Crippen molar-refractivity contribution in [1.82, 2.24) is 4.90 Å². The van der Waals surface area contributed by atoms with Crippen LogP contribution in [0, 0.1) is 5.92 Å². The van der Waals surface area contributed by atoms with E-state index >= 15 is 0 Å². The molecule has 1 heterocycles. The van der Waals surface area contributed by atoms with E-state index in [0.717, 1.165) is 0 Å². The van der Waals surface area contributed by atoms with Gasteiger partial charge in [0.2, 0.25) is 11.1 Å². The molecule has 1 fully saturated rings. The van der Waals surface area contributed by atoms with Gasteiger partial charge in [0.05, 0.1) is 6.54 Å².